The number of amides is 1. The van der Waals surface area contributed by atoms with E-state index in [9.17, 15) is 13.2 Å². The number of sulfonamides is 1. The van der Waals surface area contributed by atoms with E-state index in [1.807, 2.05) is 29.4 Å². The van der Waals surface area contributed by atoms with E-state index < -0.39 is 10.0 Å². The third kappa shape index (κ3) is 4.68. The van der Waals surface area contributed by atoms with Crippen LogP contribution in [0.25, 0.3) is 0 Å². The van der Waals surface area contributed by atoms with Gasteiger partial charge in [0.2, 0.25) is 15.9 Å². The first-order valence-corrected chi connectivity index (χ1v) is 13.3. The van der Waals surface area contributed by atoms with Gasteiger partial charge in [-0.2, -0.15) is 9.41 Å². The van der Waals surface area contributed by atoms with Crippen LogP contribution in [0.4, 0.5) is 11.4 Å². The molecule has 174 valence electrons. The molecule has 2 aromatic carbocycles. The van der Waals surface area contributed by atoms with E-state index in [1.165, 1.54) is 22.1 Å². The smallest absolute Gasteiger partial charge is 0.243 e. The molecule has 0 fully saturated rings. The number of carbonyl (C=O) groups excluding carboxylic acids is 1. The lowest BCUT2D eigenvalue weighted by Crippen LogP contribution is -2.31. The van der Waals surface area contributed by atoms with Crippen LogP contribution in [0.2, 0.25) is 0 Å². The molecule has 0 saturated heterocycles. The fourth-order valence-corrected chi connectivity index (χ4v) is 6.48. The van der Waals surface area contributed by atoms with Crippen molar-refractivity contribution < 1.29 is 13.2 Å². The van der Waals surface area contributed by atoms with Crippen molar-refractivity contribution in [3.63, 3.8) is 0 Å². The van der Waals surface area contributed by atoms with Gasteiger partial charge in [0.1, 0.15) is 0 Å². The number of carbonyl (C=O) groups is 1. The highest BCUT2D eigenvalue weighted by atomic mass is 32.2. The minimum absolute atomic E-state index is 0.106. The molecule has 0 spiro atoms. The van der Waals surface area contributed by atoms with E-state index in [4.69, 9.17) is 4.99 Å². The first-order chi connectivity index (χ1) is 15.8. The molecular formula is C23H27N5O3S2. The maximum atomic E-state index is 13.0. The maximum Gasteiger partial charge on any atom is 0.243 e. The van der Waals surface area contributed by atoms with Gasteiger partial charge in [0, 0.05) is 37.0 Å². The van der Waals surface area contributed by atoms with Gasteiger partial charge in [-0.1, -0.05) is 49.9 Å². The molecule has 10 heteroatoms. The molecule has 4 rings (SSSR count). The number of fused-ring (bicyclic) bond motifs is 3. The van der Waals surface area contributed by atoms with Crippen molar-refractivity contribution in [2.24, 2.45) is 10.1 Å². The molecule has 1 N–H and O–H groups in total. The van der Waals surface area contributed by atoms with Crippen molar-refractivity contribution in [1.82, 2.24) is 9.31 Å². The number of benzene rings is 2. The summed E-state index contributed by atoms with van der Waals surface area (Å²) < 4.78 is 27.3. The fraction of sp³-hybridized carbons (Fsp3) is 0.348. The quantitative estimate of drug-likeness (QED) is 0.636. The molecular weight excluding hydrogens is 458 g/mol. The van der Waals surface area contributed by atoms with E-state index in [2.05, 4.69) is 16.5 Å². The van der Waals surface area contributed by atoms with Gasteiger partial charge in [0.05, 0.1) is 22.4 Å². The molecule has 0 unspecified atom stereocenters. The van der Waals surface area contributed by atoms with Gasteiger partial charge in [0.25, 0.3) is 0 Å². The van der Waals surface area contributed by atoms with E-state index in [1.54, 1.807) is 32.9 Å². The molecule has 1 amide bonds. The highest BCUT2D eigenvalue weighted by Crippen LogP contribution is 2.40. The van der Waals surface area contributed by atoms with Gasteiger partial charge in [-0.25, -0.2) is 18.4 Å². The van der Waals surface area contributed by atoms with Gasteiger partial charge >= 0.3 is 0 Å². The summed E-state index contributed by atoms with van der Waals surface area (Å²) in [6, 6.07) is 13.0. The molecule has 33 heavy (non-hydrogen) atoms. The molecule has 0 bridgehead atoms. The average Bonchev–Trinajstić information content (AvgIpc) is 3.30. The highest BCUT2D eigenvalue weighted by Gasteiger charge is 2.32. The number of thioether (sulfide) groups is 1. The molecule has 2 aliphatic rings. The monoisotopic (exact) mass is 485 g/mol. The van der Waals surface area contributed by atoms with Gasteiger partial charge in [0.15, 0.2) is 5.17 Å². The van der Waals surface area contributed by atoms with E-state index >= 15 is 0 Å². The Hall–Kier alpha value is -2.69. The van der Waals surface area contributed by atoms with Crippen LogP contribution in [0.3, 0.4) is 0 Å². The van der Waals surface area contributed by atoms with Crippen LogP contribution < -0.4 is 5.32 Å². The molecule has 8 nitrogen and oxygen atoms in total. The molecule has 0 aliphatic carbocycles. The summed E-state index contributed by atoms with van der Waals surface area (Å²) in [5.41, 5.74) is 3.12. The summed E-state index contributed by atoms with van der Waals surface area (Å²) in [7, 11) is -3.62. The molecule has 2 heterocycles. The zero-order valence-corrected chi connectivity index (χ0v) is 20.5. The number of aliphatic imine (C=N–C) groups is 1. The van der Waals surface area contributed by atoms with E-state index in [-0.39, 0.29) is 22.6 Å². The molecule has 2 aromatic rings. The lowest BCUT2D eigenvalue weighted by atomic mass is 10.0. The van der Waals surface area contributed by atoms with Crippen molar-refractivity contribution in [3.8, 4) is 0 Å². The number of nitrogens with one attached hydrogen (secondary N) is 1. The normalized spacial score (nSPS) is 17.0. The van der Waals surface area contributed by atoms with Gasteiger partial charge in [-0.15, -0.1) is 0 Å². The topological polar surface area (TPSA) is 94.4 Å². The summed E-state index contributed by atoms with van der Waals surface area (Å²) in [6.45, 7) is 6.14. The summed E-state index contributed by atoms with van der Waals surface area (Å²) in [5.74, 6) is -0.109. The lowest BCUT2D eigenvalue weighted by molar-refractivity contribution is -0.113. The number of aryl methyl sites for hydroxylation is 1. The van der Waals surface area contributed by atoms with Crippen LogP contribution in [0.1, 0.15) is 37.4 Å². The Labute approximate surface area is 198 Å². The average molecular weight is 486 g/mol. The molecule has 0 saturated carbocycles. The largest absolute Gasteiger partial charge is 0.325 e. The second-order valence-corrected chi connectivity index (χ2v) is 10.6. The minimum atomic E-state index is -3.62. The molecule has 0 aromatic heterocycles. The van der Waals surface area contributed by atoms with E-state index in [0.717, 1.165) is 17.7 Å². The third-order valence-electron chi connectivity index (χ3n) is 5.67. The van der Waals surface area contributed by atoms with Crippen molar-refractivity contribution in [2.75, 3.05) is 24.2 Å². The second-order valence-electron chi connectivity index (χ2n) is 7.75. The second kappa shape index (κ2) is 9.66. The minimum Gasteiger partial charge on any atom is -0.325 e. The van der Waals surface area contributed by atoms with Crippen LogP contribution in [0, 0.1) is 6.92 Å². The van der Waals surface area contributed by atoms with Crippen molar-refractivity contribution in [1.29, 1.82) is 0 Å². The van der Waals surface area contributed by atoms with Gasteiger partial charge < -0.3 is 5.32 Å². The number of amidine groups is 1. The maximum absolute atomic E-state index is 13.0. The first kappa shape index (κ1) is 23.5. The Morgan fingerprint density at radius 3 is 2.73 bits per heavy atom. The Morgan fingerprint density at radius 2 is 1.97 bits per heavy atom. The van der Waals surface area contributed by atoms with Crippen molar-refractivity contribution in [3.05, 3.63) is 53.6 Å². The van der Waals surface area contributed by atoms with Crippen molar-refractivity contribution >= 4 is 50.4 Å². The molecule has 0 radical (unpaired) electrons. The Balaban J connectivity index is 1.47. The summed E-state index contributed by atoms with van der Waals surface area (Å²) >= 11 is 1.31. The lowest BCUT2D eigenvalue weighted by Gasteiger charge is -2.29. The highest BCUT2D eigenvalue weighted by molar-refractivity contribution is 8.14. The Bertz CT molecular complexity index is 1220. The van der Waals surface area contributed by atoms with Gasteiger partial charge in [-0.3, -0.25) is 4.79 Å². The summed E-state index contributed by atoms with van der Waals surface area (Å²) in [5, 5.41) is 9.79. The number of rotatable bonds is 7. The molecule has 2 aliphatic heterocycles. The number of hydrogen-bond acceptors (Lipinski definition) is 7. The van der Waals surface area contributed by atoms with Crippen LogP contribution in [-0.2, 0) is 14.8 Å². The van der Waals surface area contributed by atoms with Crippen LogP contribution in [-0.4, -0.2) is 53.9 Å². The fourth-order valence-electron chi connectivity index (χ4n) is 3.97. The standard InChI is InChI=1S/C23H27N5O3S2/c1-4-27(5-2)33(30,31)21-14-17(11-10-16(21)3)25-22(29)15-32-23-26-19-9-7-6-8-18(19)20-12-13-24-28(20)23/h6-11,13-14,20H,4-5,12,15H2,1-3H3,(H,25,29)/t20-/m0/s1. The van der Waals surface area contributed by atoms with Gasteiger partial charge in [-0.05, 0) is 30.7 Å². The van der Waals surface area contributed by atoms with Crippen LogP contribution >= 0.6 is 11.8 Å². The first-order valence-electron chi connectivity index (χ1n) is 10.9. The van der Waals surface area contributed by atoms with Crippen LogP contribution in [0.5, 0.6) is 0 Å². The Kier molecular flexibility index (Phi) is 6.87. The van der Waals surface area contributed by atoms with Crippen molar-refractivity contribution in [2.45, 2.75) is 38.1 Å². The number of nitrogens with zero attached hydrogens (tertiary/aromatic N) is 4. The summed E-state index contributed by atoms with van der Waals surface area (Å²) in [4.78, 5) is 17.6. The zero-order chi connectivity index (χ0) is 23.6. The predicted molar refractivity (Wildman–Crippen MR) is 134 cm³/mol. The number of para-hydroxylation sites is 1. The Morgan fingerprint density at radius 1 is 1.21 bits per heavy atom. The zero-order valence-electron chi connectivity index (χ0n) is 18.9. The molecule has 1 atom stereocenters. The number of anilines is 1. The SMILES string of the molecule is CCN(CC)S(=O)(=O)c1cc(NC(=O)CSC2=Nc3ccccc3[C@@H]3CC=NN23)ccc1C. The van der Waals surface area contributed by atoms with E-state index in [0.29, 0.717) is 29.5 Å². The van der Waals surface area contributed by atoms with Crippen LogP contribution in [0.15, 0.2) is 57.5 Å². The summed E-state index contributed by atoms with van der Waals surface area (Å²) in [6.07, 6.45) is 2.67. The predicted octanol–water partition coefficient (Wildman–Crippen LogP) is 4.13. The third-order valence-corrected chi connectivity index (χ3v) is 8.80. The number of hydrazone groups is 1. The number of hydrogen-bond donors (Lipinski definition) is 1.